The maximum atomic E-state index is 11.8. The number of anilines is 2. The molecule has 0 aliphatic heterocycles. The summed E-state index contributed by atoms with van der Waals surface area (Å²) in [6.45, 7) is 1.71. The van der Waals surface area contributed by atoms with Gasteiger partial charge in [-0.1, -0.05) is 5.16 Å². The molecule has 3 N–H and O–H groups in total. The van der Waals surface area contributed by atoms with Gasteiger partial charge in [-0.25, -0.2) is 4.79 Å². The second kappa shape index (κ2) is 5.87. The Kier molecular flexibility index (Phi) is 3.99. The van der Waals surface area contributed by atoms with Gasteiger partial charge in [0.15, 0.2) is 5.69 Å². The minimum Gasteiger partial charge on any atom is -0.361 e. The molecule has 0 aliphatic carbocycles. The van der Waals surface area contributed by atoms with E-state index in [1.165, 1.54) is 7.05 Å². The average Bonchev–Trinajstić information content (AvgIpc) is 2.87. The van der Waals surface area contributed by atoms with E-state index in [4.69, 9.17) is 4.52 Å². The minimum absolute atomic E-state index is 0.218. The molecule has 0 spiro atoms. The van der Waals surface area contributed by atoms with Crippen LogP contribution in [0.1, 0.15) is 16.2 Å². The predicted octanol–water partition coefficient (Wildman–Crippen LogP) is 1.99. The van der Waals surface area contributed by atoms with E-state index >= 15 is 0 Å². The third-order valence-corrected chi connectivity index (χ3v) is 2.49. The van der Waals surface area contributed by atoms with Gasteiger partial charge in [0.1, 0.15) is 5.76 Å². The van der Waals surface area contributed by atoms with Crippen LogP contribution in [0.25, 0.3) is 0 Å². The summed E-state index contributed by atoms with van der Waals surface area (Å²) in [5.41, 5.74) is 1.44. The number of urea groups is 1. The van der Waals surface area contributed by atoms with E-state index in [-0.39, 0.29) is 17.6 Å². The first kappa shape index (κ1) is 13.6. The van der Waals surface area contributed by atoms with Gasteiger partial charge in [0, 0.05) is 24.5 Å². The van der Waals surface area contributed by atoms with Crippen LogP contribution in [-0.2, 0) is 0 Å². The molecule has 0 saturated carbocycles. The molecule has 0 radical (unpaired) electrons. The van der Waals surface area contributed by atoms with E-state index < -0.39 is 0 Å². The summed E-state index contributed by atoms with van der Waals surface area (Å²) in [5.74, 6) is 0.217. The van der Waals surface area contributed by atoms with Crippen molar-refractivity contribution in [2.75, 3.05) is 17.7 Å². The first-order valence-electron chi connectivity index (χ1n) is 5.92. The Bertz CT molecular complexity index is 619. The van der Waals surface area contributed by atoms with E-state index in [9.17, 15) is 9.59 Å². The number of carbonyl (C=O) groups excluding carboxylic acids is 2. The van der Waals surface area contributed by atoms with Crippen molar-refractivity contribution >= 4 is 23.3 Å². The molecule has 20 heavy (non-hydrogen) atoms. The van der Waals surface area contributed by atoms with Gasteiger partial charge in [-0.2, -0.15) is 0 Å². The monoisotopic (exact) mass is 274 g/mol. The van der Waals surface area contributed by atoms with Crippen molar-refractivity contribution in [3.05, 3.63) is 41.8 Å². The quantitative estimate of drug-likeness (QED) is 0.797. The summed E-state index contributed by atoms with van der Waals surface area (Å²) in [6, 6.07) is 7.96. The molecule has 0 fully saturated rings. The Hall–Kier alpha value is -2.83. The van der Waals surface area contributed by atoms with Crippen LogP contribution < -0.4 is 16.0 Å². The largest absolute Gasteiger partial charge is 0.361 e. The molecule has 0 aliphatic rings. The average molecular weight is 274 g/mol. The Balaban J connectivity index is 2.00. The fourth-order valence-corrected chi connectivity index (χ4v) is 1.50. The number of hydrogen-bond donors (Lipinski definition) is 3. The maximum absolute atomic E-state index is 11.8. The summed E-state index contributed by atoms with van der Waals surface area (Å²) >= 11 is 0. The third kappa shape index (κ3) is 3.35. The van der Waals surface area contributed by atoms with Gasteiger partial charge in [0.2, 0.25) is 0 Å². The first-order chi connectivity index (χ1) is 9.58. The van der Waals surface area contributed by atoms with Gasteiger partial charge in [0.25, 0.3) is 5.91 Å². The number of nitrogens with one attached hydrogen (secondary N) is 3. The molecule has 3 amide bonds. The van der Waals surface area contributed by atoms with Gasteiger partial charge in [-0.15, -0.1) is 0 Å². The highest BCUT2D eigenvalue weighted by Gasteiger charge is 2.10. The maximum Gasteiger partial charge on any atom is 0.318 e. The number of aryl methyl sites for hydroxylation is 1. The van der Waals surface area contributed by atoms with Crippen molar-refractivity contribution in [2.45, 2.75) is 6.92 Å². The number of benzene rings is 1. The summed E-state index contributed by atoms with van der Waals surface area (Å²) < 4.78 is 4.83. The molecular weight excluding hydrogens is 260 g/mol. The lowest BCUT2D eigenvalue weighted by Gasteiger charge is -2.06. The molecule has 1 aromatic carbocycles. The van der Waals surface area contributed by atoms with Crippen LogP contribution >= 0.6 is 0 Å². The Labute approximate surface area is 115 Å². The molecule has 0 bridgehead atoms. The van der Waals surface area contributed by atoms with Crippen LogP contribution in [0.3, 0.4) is 0 Å². The number of carbonyl (C=O) groups is 2. The zero-order valence-corrected chi connectivity index (χ0v) is 11.1. The Morgan fingerprint density at radius 2 is 1.70 bits per heavy atom. The number of rotatable bonds is 3. The molecule has 7 heteroatoms. The number of hydrogen-bond acceptors (Lipinski definition) is 4. The lowest BCUT2D eigenvalue weighted by atomic mass is 10.2. The molecule has 1 heterocycles. The van der Waals surface area contributed by atoms with Gasteiger partial charge >= 0.3 is 6.03 Å². The van der Waals surface area contributed by atoms with E-state index in [2.05, 4.69) is 21.1 Å². The van der Waals surface area contributed by atoms with Crippen molar-refractivity contribution in [3.8, 4) is 0 Å². The van der Waals surface area contributed by atoms with Gasteiger partial charge in [0.05, 0.1) is 0 Å². The smallest absolute Gasteiger partial charge is 0.318 e. The lowest BCUT2D eigenvalue weighted by Crippen LogP contribution is -2.24. The molecule has 1 aromatic heterocycles. The van der Waals surface area contributed by atoms with Crippen LogP contribution in [0.5, 0.6) is 0 Å². The number of nitrogens with zero attached hydrogens (tertiary/aromatic N) is 1. The van der Waals surface area contributed by atoms with E-state index in [1.54, 1.807) is 37.3 Å². The molecule has 0 saturated heterocycles. The van der Waals surface area contributed by atoms with Crippen LogP contribution in [0.2, 0.25) is 0 Å². The lowest BCUT2D eigenvalue weighted by molar-refractivity contribution is 0.101. The molecular formula is C13H14N4O3. The molecule has 104 valence electrons. The minimum atomic E-state index is -0.353. The van der Waals surface area contributed by atoms with Crippen molar-refractivity contribution in [1.29, 1.82) is 0 Å². The second-order valence-electron chi connectivity index (χ2n) is 4.06. The Morgan fingerprint density at radius 1 is 1.10 bits per heavy atom. The normalized spacial score (nSPS) is 9.90. The fraction of sp³-hybridized carbons (Fsp3) is 0.154. The number of amides is 3. The van der Waals surface area contributed by atoms with Crippen LogP contribution in [0.15, 0.2) is 34.9 Å². The summed E-state index contributed by atoms with van der Waals surface area (Å²) in [7, 11) is 1.53. The summed E-state index contributed by atoms with van der Waals surface area (Å²) in [5, 5.41) is 11.4. The van der Waals surface area contributed by atoms with E-state index in [0.29, 0.717) is 17.1 Å². The van der Waals surface area contributed by atoms with Crippen molar-refractivity contribution in [1.82, 2.24) is 10.5 Å². The molecule has 7 nitrogen and oxygen atoms in total. The molecule has 2 aromatic rings. The zero-order valence-electron chi connectivity index (χ0n) is 11.1. The summed E-state index contributed by atoms with van der Waals surface area (Å²) in [4.78, 5) is 22.9. The van der Waals surface area contributed by atoms with Crippen LogP contribution in [-0.4, -0.2) is 24.1 Å². The van der Waals surface area contributed by atoms with Crippen LogP contribution in [0, 0.1) is 6.92 Å². The second-order valence-corrected chi connectivity index (χ2v) is 4.06. The first-order valence-corrected chi connectivity index (χ1v) is 5.92. The standard InChI is InChI=1S/C13H14N4O3/c1-8-7-11(17-20-8)12(18)15-9-3-5-10(6-4-9)16-13(19)14-2/h3-7H,1-2H3,(H,15,18)(H2,14,16,19). The van der Waals surface area contributed by atoms with E-state index in [1.807, 2.05) is 0 Å². The molecule has 0 atom stereocenters. The van der Waals surface area contributed by atoms with Crippen LogP contribution in [0.4, 0.5) is 16.2 Å². The van der Waals surface area contributed by atoms with Gasteiger partial charge in [-0.3, -0.25) is 4.79 Å². The predicted molar refractivity (Wildman–Crippen MR) is 73.7 cm³/mol. The summed E-state index contributed by atoms with van der Waals surface area (Å²) in [6.07, 6.45) is 0. The van der Waals surface area contributed by atoms with Crippen molar-refractivity contribution in [2.24, 2.45) is 0 Å². The topological polar surface area (TPSA) is 96.3 Å². The van der Waals surface area contributed by atoms with Gasteiger partial charge < -0.3 is 20.5 Å². The van der Waals surface area contributed by atoms with E-state index in [0.717, 1.165) is 0 Å². The fourth-order valence-electron chi connectivity index (χ4n) is 1.50. The highest BCUT2D eigenvalue weighted by molar-refractivity contribution is 6.03. The molecule has 0 unspecified atom stereocenters. The van der Waals surface area contributed by atoms with Crippen molar-refractivity contribution in [3.63, 3.8) is 0 Å². The third-order valence-electron chi connectivity index (χ3n) is 2.49. The highest BCUT2D eigenvalue weighted by Crippen LogP contribution is 2.14. The Morgan fingerprint density at radius 3 is 2.20 bits per heavy atom. The van der Waals surface area contributed by atoms with Gasteiger partial charge in [-0.05, 0) is 31.2 Å². The number of aromatic nitrogens is 1. The highest BCUT2D eigenvalue weighted by atomic mass is 16.5. The zero-order chi connectivity index (χ0) is 14.5. The SMILES string of the molecule is CNC(=O)Nc1ccc(NC(=O)c2cc(C)on2)cc1. The molecule has 2 rings (SSSR count). The van der Waals surface area contributed by atoms with Crippen molar-refractivity contribution < 1.29 is 14.1 Å².